The van der Waals surface area contributed by atoms with Crippen molar-refractivity contribution in [3.63, 3.8) is 0 Å². The molecule has 0 unspecified atom stereocenters. The first kappa shape index (κ1) is 14.9. The Kier molecular flexibility index (Phi) is 4.15. The minimum Gasteiger partial charge on any atom is -0.460 e. The molecule has 5 nitrogen and oxygen atoms in total. The van der Waals surface area contributed by atoms with E-state index in [1.165, 1.54) is 18.3 Å². The van der Waals surface area contributed by atoms with Crippen LogP contribution >= 0.6 is 0 Å². The fraction of sp³-hybridized carbons (Fsp3) is 0.231. The number of esters is 1. The van der Waals surface area contributed by atoms with Crippen LogP contribution in [0.2, 0.25) is 0 Å². The minimum absolute atomic E-state index is 0.0810. The van der Waals surface area contributed by atoms with Crippen molar-refractivity contribution in [2.24, 2.45) is 0 Å². The summed E-state index contributed by atoms with van der Waals surface area (Å²) in [6.07, 6.45) is -3.56. The summed E-state index contributed by atoms with van der Waals surface area (Å²) in [6.45, 7) is 1.84. The third kappa shape index (κ3) is 3.98. The van der Waals surface area contributed by atoms with Gasteiger partial charge in [-0.15, -0.1) is 13.2 Å². The Morgan fingerprint density at radius 1 is 1.29 bits per heavy atom. The Bertz CT molecular complexity index is 619. The van der Waals surface area contributed by atoms with Gasteiger partial charge >= 0.3 is 12.3 Å². The van der Waals surface area contributed by atoms with Gasteiger partial charge in [0.05, 0.1) is 12.8 Å². The summed E-state index contributed by atoms with van der Waals surface area (Å²) in [5.74, 6) is -1.00. The number of carbonyl (C=O) groups is 1. The molecular formula is C13H10F3NO4. The van der Waals surface area contributed by atoms with Crippen molar-refractivity contribution in [1.82, 2.24) is 4.98 Å². The maximum atomic E-state index is 12.0. The van der Waals surface area contributed by atoms with Gasteiger partial charge in [-0.25, -0.2) is 9.78 Å². The molecule has 1 aromatic heterocycles. The summed E-state index contributed by atoms with van der Waals surface area (Å²) in [7, 11) is 0. The number of hydrogen-bond acceptors (Lipinski definition) is 5. The zero-order chi connectivity index (χ0) is 15.5. The molecule has 0 amide bonds. The van der Waals surface area contributed by atoms with Crippen LogP contribution in [0.25, 0.3) is 11.5 Å². The number of alkyl halides is 3. The highest BCUT2D eigenvalue weighted by Crippen LogP contribution is 2.26. The number of oxazole rings is 1. The predicted molar refractivity (Wildman–Crippen MR) is 64.6 cm³/mol. The maximum Gasteiger partial charge on any atom is 0.573 e. The van der Waals surface area contributed by atoms with E-state index in [1.54, 1.807) is 6.92 Å². The first-order valence-corrected chi connectivity index (χ1v) is 5.88. The molecule has 0 aliphatic carbocycles. The van der Waals surface area contributed by atoms with Crippen LogP contribution < -0.4 is 4.74 Å². The predicted octanol–water partition coefficient (Wildman–Crippen LogP) is 3.42. The molecule has 1 heterocycles. The van der Waals surface area contributed by atoms with Crippen LogP contribution in [0, 0.1) is 0 Å². The fourth-order valence-corrected chi connectivity index (χ4v) is 1.50. The van der Waals surface area contributed by atoms with Gasteiger partial charge in [0.2, 0.25) is 11.7 Å². The lowest BCUT2D eigenvalue weighted by atomic mass is 10.2. The Hall–Kier alpha value is -2.51. The third-order valence-electron chi connectivity index (χ3n) is 2.32. The summed E-state index contributed by atoms with van der Waals surface area (Å²) in [5, 5.41) is 0. The van der Waals surface area contributed by atoms with Gasteiger partial charge in [0.1, 0.15) is 5.75 Å². The lowest BCUT2D eigenvalue weighted by molar-refractivity contribution is -0.274. The molecule has 0 saturated heterocycles. The second kappa shape index (κ2) is 5.86. The standard InChI is InChI=1S/C13H10F3NO4/c1-2-19-12(18)10-7-17-11(20-10)8-3-5-9(6-4-8)21-13(14,15)16/h3-7H,2H2,1H3. The lowest BCUT2D eigenvalue weighted by Gasteiger charge is -2.08. The van der Waals surface area contributed by atoms with Crippen molar-refractivity contribution in [2.75, 3.05) is 6.61 Å². The Morgan fingerprint density at radius 3 is 2.52 bits per heavy atom. The van der Waals surface area contributed by atoms with Crippen LogP contribution in [-0.2, 0) is 4.74 Å². The second-order valence-corrected chi connectivity index (χ2v) is 3.82. The first-order chi connectivity index (χ1) is 9.89. The number of aromatic nitrogens is 1. The van der Waals surface area contributed by atoms with E-state index in [0.29, 0.717) is 5.56 Å². The summed E-state index contributed by atoms with van der Waals surface area (Å²) in [5.41, 5.74) is 0.403. The fourth-order valence-electron chi connectivity index (χ4n) is 1.50. The van der Waals surface area contributed by atoms with Gasteiger partial charge in [0, 0.05) is 5.56 Å². The van der Waals surface area contributed by atoms with Crippen LogP contribution in [0.15, 0.2) is 34.9 Å². The van der Waals surface area contributed by atoms with Gasteiger partial charge in [-0.1, -0.05) is 0 Å². The number of ether oxygens (including phenoxy) is 2. The maximum absolute atomic E-state index is 12.0. The number of rotatable bonds is 4. The molecule has 0 saturated carbocycles. The summed E-state index contributed by atoms with van der Waals surface area (Å²) >= 11 is 0. The molecule has 21 heavy (non-hydrogen) atoms. The zero-order valence-electron chi connectivity index (χ0n) is 10.8. The van der Waals surface area contributed by atoms with Gasteiger partial charge < -0.3 is 13.9 Å². The van der Waals surface area contributed by atoms with Crippen molar-refractivity contribution < 1.29 is 31.9 Å². The minimum atomic E-state index is -4.75. The number of halogens is 3. The van der Waals surface area contributed by atoms with Crippen molar-refractivity contribution >= 4 is 5.97 Å². The quantitative estimate of drug-likeness (QED) is 0.810. The van der Waals surface area contributed by atoms with E-state index < -0.39 is 12.3 Å². The Balaban J connectivity index is 2.14. The van der Waals surface area contributed by atoms with E-state index in [2.05, 4.69) is 9.72 Å². The molecule has 0 spiro atoms. The summed E-state index contributed by atoms with van der Waals surface area (Å²) < 4.78 is 49.7. The van der Waals surface area contributed by atoms with Crippen LogP contribution in [0.1, 0.15) is 17.5 Å². The molecule has 0 bridgehead atoms. The van der Waals surface area contributed by atoms with Crippen LogP contribution in [-0.4, -0.2) is 23.9 Å². The number of carbonyl (C=O) groups excluding carboxylic acids is 1. The summed E-state index contributed by atoms with van der Waals surface area (Å²) in [6, 6.07) is 4.91. The first-order valence-electron chi connectivity index (χ1n) is 5.88. The number of hydrogen-bond donors (Lipinski definition) is 0. The van der Waals surface area contributed by atoms with Gasteiger partial charge in [0.15, 0.2) is 0 Å². The Morgan fingerprint density at radius 2 is 1.95 bits per heavy atom. The van der Waals surface area contributed by atoms with Gasteiger partial charge in [-0.3, -0.25) is 0 Å². The highest BCUT2D eigenvalue weighted by Gasteiger charge is 2.31. The average Bonchev–Trinajstić information content (AvgIpc) is 2.87. The molecule has 1 aromatic carbocycles. The second-order valence-electron chi connectivity index (χ2n) is 3.82. The molecule has 0 aliphatic heterocycles. The Labute approximate surface area is 117 Å². The molecule has 0 fully saturated rings. The number of benzene rings is 1. The van der Waals surface area contributed by atoms with E-state index in [-0.39, 0.29) is 24.0 Å². The molecular weight excluding hydrogens is 291 g/mol. The highest BCUT2D eigenvalue weighted by molar-refractivity contribution is 5.86. The molecule has 0 N–H and O–H groups in total. The van der Waals surface area contributed by atoms with E-state index in [0.717, 1.165) is 12.1 Å². The molecule has 0 aliphatic rings. The largest absolute Gasteiger partial charge is 0.573 e. The van der Waals surface area contributed by atoms with E-state index in [1.807, 2.05) is 0 Å². The van der Waals surface area contributed by atoms with Crippen molar-refractivity contribution in [3.05, 3.63) is 36.2 Å². The van der Waals surface area contributed by atoms with E-state index >= 15 is 0 Å². The molecule has 2 rings (SSSR count). The van der Waals surface area contributed by atoms with Gasteiger partial charge in [0.25, 0.3) is 0 Å². The van der Waals surface area contributed by atoms with Crippen LogP contribution in [0.3, 0.4) is 0 Å². The topological polar surface area (TPSA) is 61.6 Å². The highest BCUT2D eigenvalue weighted by atomic mass is 19.4. The van der Waals surface area contributed by atoms with Crippen molar-refractivity contribution in [1.29, 1.82) is 0 Å². The smallest absolute Gasteiger partial charge is 0.460 e. The van der Waals surface area contributed by atoms with Crippen LogP contribution in [0.4, 0.5) is 13.2 Å². The lowest BCUT2D eigenvalue weighted by Crippen LogP contribution is -2.16. The SMILES string of the molecule is CCOC(=O)c1cnc(-c2ccc(OC(F)(F)F)cc2)o1. The normalized spacial score (nSPS) is 11.2. The zero-order valence-corrected chi connectivity index (χ0v) is 10.8. The molecule has 8 heteroatoms. The van der Waals surface area contributed by atoms with Crippen molar-refractivity contribution in [2.45, 2.75) is 13.3 Å². The number of nitrogens with zero attached hydrogens (tertiary/aromatic N) is 1. The third-order valence-corrected chi connectivity index (χ3v) is 2.32. The molecule has 112 valence electrons. The monoisotopic (exact) mass is 301 g/mol. The van der Waals surface area contributed by atoms with E-state index in [9.17, 15) is 18.0 Å². The molecule has 0 atom stereocenters. The van der Waals surface area contributed by atoms with Crippen molar-refractivity contribution in [3.8, 4) is 17.2 Å². The van der Waals surface area contributed by atoms with Gasteiger partial charge in [-0.2, -0.15) is 0 Å². The molecule has 0 radical (unpaired) electrons. The summed E-state index contributed by atoms with van der Waals surface area (Å²) in [4.78, 5) is 15.3. The van der Waals surface area contributed by atoms with Gasteiger partial charge in [-0.05, 0) is 31.2 Å². The van der Waals surface area contributed by atoms with E-state index in [4.69, 9.17) is 9.15 Å². The average molecular weight is 301 g/mol. The molecule has 2 aromatic rings. The van der Waals surface area contributed by atoms with Crippen LogP contribution in [0.5, 0.6) is 5.75 Å².